The zero-order valence-corrected chi connectivity index (χ0v) is 14.9. The number of piperidine rings is 1. The van der Waals surface area contributed by atoms with E-state index in [9.17, 15) is 4.79 Å². The third kappa shape index (κ3) is 5.24. The molecule has 1 amide bonds. The van der Waals surface area contributed by atoms with Gasteiger partial charge in [-0.25, -0.2) is 4.79 Å². The monoisotopic (exact) mass is 319 g/mol. The summed E-state index contributed by atoms with van der Waals surface area (Å²) in [6, 6.07) is 10.2. The zero-order valence-electron chi connectivity index (χ0n) is 14.9. The Bertz CT molecular complexity index is 497. The summed E-state index contributed by atoms with van der Waals surface area (Å²) in [5.74, 6) is 0.574. The van der Waals surface area contributed by atoms with Gasteiger partial charge in [-0.2, -0.15) is 0 Å². The number of likely N-dealkylation sites (tertiary alicyclic amines) is 1. The molecule has 1 aliphatic rings. The predicted molar refractivity (Wildman–Crippen MR) is 91.2 cm³/mol. The second kappa shape index (κ2) is 7.35. The van der Waals surface area contributed by atoms with Crippen molar-refractivity contribution in [3.8, 4) is 0 Å². The van der Waals surface area contributed by atoms with Gasteiger partial charge < -0.3 is 14.4 Å². The lowest BCUT2D eigenvalue weighted by molar-refractivity contribution is -0.0718. The summed E-state index contributed by atoms with van der Waals surface area (Å²) < 4.78 is 11.6. The average Bonchev–Trinajstić information content (AvgIpc) is 2.45. The van der Waals surface area contributed by atoms with E-state index in [0.717, 1.165) is 0 Å². The first-order chi connectivity index (χ1) is 10.8. The molecule has 0 radical (unpaired) electrons. The molecule has 128 valence electrons. The van der Waals surface area contributed by atoms with Crippen LogP contribution in [0.3, 0.4) is 0 Å². The molecule has 1 heterocycles. The number of carbonyl (C=O) groups excluding carboxylic acids is 1. The van der Waals surface area contributed by atoms with Crippen LogP contribution < -0.4 is 0 Å². The Balaban J connectivity index is 1.90. The SMILES string of the molecule is CC1CN(C(=O)OC(C)(C)C)CC(C)C1OCc1ccccc1. The Morgan fingerprint density at radius 1 is 1.13 bits per heavy atom. The lowest BCUT2D eigenvalue weighted by Crippen LogP contribution is -2.51. The van der Waals surface area contributed by atoms with E-state index in [0.29, 0.717) is 19.7 Å². The molecular weight excluding hydrogens is 290 g/mol. The molecule has 4 nitrogen and oxygen atoms in total. The van der Waals surface area contributed by atoms with E-state index in [2.05, 4.69) is 26.0 Å². The topological polar surface area (TPSA) is 38.8 Å². The van der Waals surface area contributed by atoms with Gasteiger partial charge in [0.05, 0.1) is 12.7 Å². The van der Waals surface area contributed by atoms with Crippen LogP contribution in [0.4, 0.5) is 4.79 Å². The molecule has 0 bridgehead atoms. The molecule has 4 heteroatoms. The van der Waals surface area contributed by atoms with E-state index in [4.69, 9.17) is 9.47 Å². The van der Waals surface area contributed by atoms with Crippen molar-refractivity contribution in [1.82, 2.24) is 4.90 Å². The van der Waals surface area contributed by atoms with E-state index >= 15 is 0 Å². The summed E-state index contributed by atoms with van der Waals surface area (Å²) in [7, 11) is 0. The zero-order chi connectivity index (χ0) is 17.0. The van der Waals surface area contributed by atoms with Gasteiger partial charge >= 0.3 is 6.09 Å². The highest BCUT2D eigenvalue weighted by Crippen LogP contribution is 2.27. The van der Waals surface area contributed by atoms with Crippen molar-refractivity contribution in [3.05, 3.63) is 35.9 Å². The van der Waals surface area contributed by atoms with Crippen LogP contribution >= 0.6 is 0 Å². The summed E-state index contributed by atoms with van der Waals surface area (Å²) in [4.78, 5) is 14.1. The second-order valence-electron chi connectivity index (χ2n) is 7.60. The van der Waals surface area contributed by atoms with E-state index in [-0.39, 0.29) is 24.0 Å². The predicted octanol–water partition coefficient (Wildman–Crippen LogP) is 4.09. The number of benzene rings is 1. The maximum atomic E-state index is 12.3. The maximum Gasteiger partial charge on any atom is 0.410 e. The van der Waals surface area contributed by atoms with Gasteiger partial charge in [-0.3, -0.25) is 0 Å². The maximum absolute atomic E-state index is 12.3. The third-order valence-electron chi connectivity index (χ3n) is 4.08. The highest BCUT2D eigenvalue weighted by Gasteiger charge is 2.36. The number of ether oxygens (including phenoxy) is 2. The molecule has 1 aromatic rings. The fourth-order valence-electron chi connectivity index (χ4n) is 3.11. The molecule has 0 spiro atoms. The lowest BCUT2D eigenvalue weighted by Gasteiger charge is -2.41. The summed E-state index contributed by atoms with van der Waals surface area (Å²) >= 11 is 0. The Labute approximate surface area is 139 Å². The van der Waals surface area contributed by atoms with Crippen molar-refractivity contribution in [2.45, 2.75) is 52.9 Å². The molecule has 1 aliphatic heterocycles. The first-order valence-corrected chi connectivity index (χ1v) is 8.39. The van der Waals surface area contributed by atoms with Crippen molar-refractivity contribution in [3.63, 3.8) is 0 Å². The van der Waals surface area contributed by atoms with Crippen molar-refractivity contribution in [2.75, 3.05) is 13.1 Å². The van der Waals surface area contributed by atoms with Crippen molar-refractivity contribution in [1.29, 1.82) is 0 Å². The van der Waals surface area contributed by atoms with Gasteiger partial charge in [0.2, 0.25) is 0 Å². The number of nitrogens with zero attached hydrogens (tertiary/aromatic N) is 1. The number of amides is 1. The molecule has 0 saturated carbocycles. The Morgan fingerprint density at radius 3 is 2.22 bits per heavy atom. The van der Waals surface area contributed by atoms with Crippen LogP contribution in [0, 0.1) is 11.8 Å². The highest BCUT2D eigenvalue weighted by atomic mass is 16.6. The van der Waals surface area contributed by atoms with Gasteiger partial charge in [0.1, 0.15) is 5.60 Å². The quantitative estimate of drug-likeness (QED) is 0.842. The molecule has 0 N–H and O–H groups in total. The molecule has 2 rings (SSSR count). The summed E-state index contributed by atoms with van der Waals surface area (Å²) in [6.07, 6.45) is -0.0633. The first kappa shape index (κ1) is 17.8. The standard InChI is InChI=1S/C19H29NO3/c1-14-11-20(18(21)23-19(3,4)5)12-15(2)17(14)22-13-16-9-7-6-8-10-16/h6-10,14-15,17H,11-13H2,1-5H3. The Morgan fingerprint density at radius 2 is 1.70 bits per heavy atom. The highest BCUT2D eigenvalue weighted by molar-refractivity contribution is 5.68. The smallest absolute Gasteiger partial charge is 0.410 e. The molecule has 0 aromatic heterocycles. The molecule has 23 heavy (non-hydrogen) atoms. The van der Waals surface area contributed by atoms with Crippen LogP contribution in [0.25, 0.3) is 0 Å². The van der Waals surface area contributed by atoms with Crippen LogP contribution in [0.1, 0.15) is 40.2 Å². The number of carbonyl (C=O) groups is 1. The minimum absolute atomic E-state index is 0.161. The van der Waals surface area contributed by atoms with Crippen molar-refractivity contribution < 1.29 is 14.3 Å². The van der Waals surface area contributed by atoms with Gasteiger partial charge in [-0.1, -0.05) is 44.2 Å². The molecule has 0 aliphatic carbocycles. The molecule has 1 saturated heterocycles. The largest absolute Gasteiger partial charge is 0.444 e. The second-order valence-corrected chi connectivity index (χ2v) is 7.60. The van der Waals surface area contributed by atoms with Crippen molar-refractivity contribution in [2.24, 2.45) is 11.8 Å². The number of rotatable bonds is 3. The fourth-order valence-corrected chi connectivity index (χ4v) is 3.11. The lowest BCUT2D eigenvalue weighted by atomic mass is 9.88. The van der Waals surface area contributed by atoms with Gasteiger partial charge in [0, 0.05) is 24.9 Å². The Kier molecular flexibility index (Phi) is 5.69. The summed E-state index contributed by atoms with van der Waals surface area (Å²) in [6.45, 7) is 11.9. The van der Waals surface area contributed by atoms with Crippen LogP contribution in [-0.4, -0.2) is 35.8 Å². The summed E-state index contributed by atoms with van der Waals surface area (Å²) in [5, 5.41) is 0. The molecule has 1 aromatic carbocycles. The normalized spacial score (nSPS) is 25.3. The molecule has 1 fully saturated rings. The van der Waals surface area contributed by atoms with Crippen LogP contribution in [0.2, 0.25) is 0 Å². The van der Waals surface area contributed by atoms with Gasteiger partial charge in [0.15, 0.2) is 0 Å². The minimum atomic E-state index is -0.454. The minimum Gasteiger partial charge on any atom is -0.444 e. The van der Waals surface area contributed by atoms with E-state index < -0.39 is 5.60 Å². The Hall–Kier alpha value is -1.55. The third-order valence-corrected chi connectivity index (χ3v) is 4.08. The first-order valence-electron chi connectivity index (χ1n) is 8.39. The molecule has 2 unspecified atom stereocenters. The summed E-state index contributed by atoms with van der Waals surface area (Å²) in [5.41, 5.74) is 0.728. The number of hydrogen-bond acceptors (Lipinski definition) is 3. The fraction of sp³-hybridized carbons (Fsp3) is 0.632. The van der Waals surface area contributed by atoms with Gasteiger partial charge in [-0.05, 0) is 26.3 Å². The van der Waals surface area contributed by atoms with Crippen LogP contribution in [-0.2, 0) is 16.1 Å². The van der Waals surface area contributed by atoms with Crippen LogP contribution in [0.5, 0.6) is 0 Å². The average molecular weight is 319 g/mol. The van der Waals surface area contributed by atoms with E-state index in [1.165, 1.54) is 5.56 Å². The molecular formula is C19H29NO3. The van der Waals surface area contributed by atoms with Gasteiger partial charge in [-0.15, -0.1) is 0 Å². The van der Waals surface area contributed by atoms with E-state index in [1.807, 2.05) is 43.9 Å². The van der Waals surface area contributed by atoms with E-state index in [1.54, 1.807) is 0 Å². The number of hydrogen-bond donors (Lipinski definition) is 0. The van der Waals surface area contributed by atoms with Crippen molar-refractivity contribution >= 4 is 6.09 Å². The molecule has 2 atom stereocenters. The van der Waals surface area contributed by atoms with Gasteiger partial charge in [0.25, 0.3) is 0 Å². The van der Waals surface area contributed by atoms with Crippen LogP contribution in [0.15, 0.2) is 30.3 Å².